The molecule has 10 heteroatoms. The van der Waals surface area contributed by atoms with Gasteiger partial charge < -0.3 is 15.0 Å². The molecule has 2 amide bonds. The molecule has 202 valence electrons. The summed E-state index contributed by atoms with van der Waals surface area (Å²) in [5, 5.41) is 3.26. The highest BCUT2D eigenvalue weighted by Gasteiger charge is 2.32. The zero-order valence-electron chi connectivity index (χ0n) is 21.8. The fraction of sp³-hybridized carbons (Fsp3) is 0.286. The lowest BCUT2D eigenvalue weighted by Gasteiger charge is -2.32. The Morgan fingerprint density at radius 3 is 2.21 bits per heavy atom. The van der Waals surface area contributed by atoms with Gasteiger partial charge >= 0.3 is 0 Å². The van der Waals surface area contributed by atoms with Crippen molar-refractivity contribution in [1.29, 1.82) is 0 Å². The van der Waals surface area contributed by atoms with Gasteiger partial charge in [-0.05, 0) is 74.9 Å². The van der Waals surface area contributed by atoms with E-state index in [1.54, 1.807) is 62.6 Å². The van der Waals surface area contributed by atoms with Crippen molar-refractivity contribution in [2.45, 2.75) is 44.3 Å². The second-order valence-electron chi connectivity index (χ2n) is 9.01. The number of carbonyl (C=O) groups is 2. The number of halogens is 1. The predicted molar refractivity (Wildman–Crippen MR) is 149 cm³/mol. The van der Waals surface area contributed by atoms with Gasteiger partial charge in [0, 0.05) is 17.6 Å². The third-order valence-corrected chi connectivity index (χ3v) is 7.85. The number of nitrogens with one attached hydrogen (secondary N) is 1. The molecule has 0 saturated carbocycles. The van der Waals surface area contributed by atoms with Gasteiger partial charge in [0.2, 0.25) is 11.8 Å². The molecule has 0 aliphatic heterocycles. The number of ether oxygens (including phenoxy) is 1. The minimum atomic E-state index is -4.12. The summed E-state index contributed by atoms with van der Waals surface area (Å²) in [5.41, 5.74) is 0.998. The smallest absolute Gasteiger partial charge is 0.264 e. The molecule has 0 radical (unpaired) electrons. The lowest BCUT2D eigenvalue weighted by Crippen LogP contribution is -2.52. The van der Waals surface area contributed by atoms with Crippen molar-refractivity contribution in [2.24, 2.45) is 0 Å². The highest BCUT2D eigenvalue weighted by Crippen LogP contribution is 2.26. The lowest BCUT2D eigenvalue weighted by molar-refractivity contribution is -0.139. The highest BCUT2D eigenvalue weighted by molar-refractivity contribution is 7.92. The topological polar surface area (TPSA) is 96.0 Å². The van der Waals surface area contributed by atoms with Crippen LogP contribution in [0.15, 0.2) is 83.8 Å². The molecule has 3 aromatic rings. The standard InChI is InChI=1S/C28H32ClN3O5S/c1-20(2)30-28(34)21(3)31(18-22-9-8-10-25(17-22)37-4)27(33)19-32(24-15-13-23(29)14-16-24)38(35,36)26-11-6-5-7-12-26/h5-17,20-21H,18-19H2,1-4H3,(H,30,34). The Morgan fingerprint density at radius 2 is 1.61 bits per heavy atom. The first-order valence-electron chi connectivity index (χ1n) is 12.1. The van der Waals surface area contributed by atoms with Gasteiger partial charge in [0.1, 0.15) is 18.3 Å². The summed E-state index contributed by atoms with van der Waals surface area (Å²) in [6.45, 7) is 4.82. The molecule has 0 fully saturated rings. The largest absolute Gasteiger partial charge is 0.497 e. The van der Waals surface area contributed by atoms with Crippen LogP contribution in [0, 0.1) is 0 Å². The number of sulfonamides is 1. The maximum Gasteiger partial charge on any atom is 0.264 e. The van der Waals surface area contributed by atoms with Gasteiger partial charge in [-0.3, -0.25) is 13.9 Å². The first kappa shape index (κ1) is 29.0. The number of nitrogens with zero attached hydrogens (tertiary/aromatic N) is 2. The average molecular weight is 558 g/mol. The quantitative estimate of drug-likeness (QED) is 0.375. The number of anilines is 1. The summed E-state index contributed by atoms with van der Waals surface area (Å²) in [6.07, 6.45) is 0. The fourth-order valence-corrected chi connectivity index (χ4v) is 5.37. The third kappa shape index (κ3) is 7.26. The van der Waals surface area contributed by atoms with Crippen molar-refractivity contribution in [1.82, 2.24) is 10.2 Å². The van der Waals surface area contributed by atoms with Gasteiger partial charge in [0.15, 0.2) is 0 Å². The summed E-state index contributed by atoms with van der Waals surface area (Å²) in [5.74, 6) is -0.294. The van der Waals surface area contributed by atoms with Crippen LogP contribution in [0.2, 0.25) is 5.02 Å². The van der Waals surface area contributed by atoms with E-state index in [9.17, 15) is 18.0 Å². The van der Waals surface area contributed by atoms with Crippen molar-refractivity contribution in [3.8, 4) is 5.75 Å². The number of amides is 2. The molecule has 3 aromatic carbocycles. The van der Waals surface area contributed by atoms with Gasteiger partial charge in [-0.1, -0.05) is 41.9 Å². The molecule has 0 spiro atoms. The van der Waals surface area contributed by atoms with Crippen LogP contribution >= 0.6 is 11.6 Å². The Labute approximate surface area is 229 Å². The van der Waals surface area contributed by atoms with Crippen LogP contribution < -0.4 is 14.4 Å². The van der Waals surface area contributed by atoms with E-state index in [0.717, 1.165) is 9.87 Å². The molecule has 1 N–H and O–H groups in total. The Hall–Kier alpha value is -3.56. The van der Waals surface area contributed by atoms with E-state index in [0.29, 0.717) is 10.8 Å². The second-order valence-corrected chi connectivity index (χ2v) is 11.3. The van der Waals surface area contributed by atoms with Gasteiger partial charge in [-0.25, -0.2) is 8.42 Å². The Balaban J connectivity index is 2.02. The fourth-order valence-electron chi connectivity index (χ4n) is 3.81. The molecular formula is C28H32ClN3O5S. The first-order valence-corrected chi connectivity index (χ1v) is 13.9. The van der Waals surface area contributed by atoms with Crippen LogP contribution in [0.5, 0.6) is 5.75 Å². The summed E-state index contributed by atoms with van der Waals surface area (Å²) in [4.78, 5) is 28.2. The Morgan fingerprint density at radius 1 is 0.947 bits per heavy atom. The molecule has 8 nitrogen and oxygen atoms in total. The van der Waals surface area contributed by atoms with Gasteiger partial charge in [0.25, 0.3) is 10.0 Å². The van der Waals surface area contributed by atoms with E-state index in [2.05, 4.69) is 5.32 Å². The van der Waals surface area contributed by atoms with Crippen molar-refractivity contribution >= 4 is 39.1 Å². The Bertz CT molecular complexity index is 1350. The van der Waals surface area contributed by atoms with Crippen molar-refractivity contribution in [3.63, 3.8) is 0 Å². The highest BCUT2D eigenvalue weighted by atomic mass is 35.5. The average Bonchev–Trinajstić information content (AvgIpc) is 2.90. The van der Waals surface area contributed by atoms with E-state index < -0.39 is 28.5 Å². The molecule has 0 bridgehead atoms. The minimum Gasteiger partial charge on any atom is -0.497 e. The minimum absolute atomic E-state index is 0.0349. The van der Waals surface area contributed by atoms with E-state index in [1.165, 1.54) is 29.2 Å². The summed E-state index contributed by atoms with van der Waals surface area (Å²) >= 11 is 6.04. The van der Waals surface area contributed by atoms with Crippen LogP contribution in [-0.4, -0.2) is 50.9 Å². The van der Waals surface area contributed by atoms with Crippen LogP contribution in [0.25, 0.3) is 0 Å². The molecular weight excluding hydrogens is 526 g/mol. The van der Waals surface area contributed by atoms with E-state index in [-0.39, 0.29) is 29.1 Å². The third-order valence-electron chi connectivity index (χ3n) is 5.81. The van der Waals surface area contributed by atoms with Crippen molar-refractivity contribution < 1.29 is 22.7 Å². The van der Waals surface area contributed by atoms with Crippen LogP contribution in [0.3, 0.4) is 0 Å². The van der Waals surface area contributed by atoms with E-state index in [4.69, 9.17) is 16.3 Å². The zero-order valence-corrected chi connectivity index (χ0v) is 23.4. The number of methoxy groups -OCH3 is 1. The molecule has 0 aromatic heterocycles. The van der Waals surface area contributed by atoms with Gasteiger partial charge in [-0.15, -0.1) is 0 Å². The summed E-state index contributed by atoms with van der Waals surface area (Å²) in [6, 6.07) is 20.2. The van der Waals surface area contributed by atoms with Crippen LogP contribution in [-0.2, 0) is 26.2 Å². The molecule has 0 heterocycles. The van der Waals surface area contributed by atoms with Gasteiger partial charge in [0.05, 0.1) is 17.7 Å². The molecule has 0 aliphatic rings. The number of hydrogen-bond acceptors (Lipinski definition) is 5. The maximum absolute atomic E-state index is 13.8. The van der Waals surface area contributed by atoms with E-state index >= 15 is 0 Å². The SMILES string of the molecule is COc1cccc(CN(C(=O)CN(c2ccc(Cl)cc2)S(=O)(=O)c2ccccc2)C(C)C(=O)NC(C)C)c1. The molecule has 1 atom stereocenters. The molecule has 0 aliphatic carbocycles. The van der Waals surface area contributed by atoms with Crippen LogP contribution in [0.4, 0.5) is 5.69 Å². The molecule has 3 rings (SSSR count). The number of carbonyl (C=O) groups excluding carboxylic acids is 2. The summed E-state index contributed by atoms with van der Waals surface area (Å²) in [7, 11) is -2.58. The normalized spacial score (nSPS) is 12.1. The first-order chi connectivity index (χ1) is 18.0. The lowest BCUT2D eigenvalue weighted by atomic mass is 10.1. The van der Waals surface area contributed by atoms with Crippen LogP contribution in [0.1, 0.15) is 26.3 Å². The molecule has 0 saturated heterocycles. The monoisotopic (exact) mass is 557 g/mol. The molecule has 1 unspecified atom stereocenters. The zero-order chi connectivity index (χ0) is 27.9. The van der Waals surface area contributed by atoms with Gasteiger partial charge in [-0.2, -0.15) is 0 Å². The number of hydrogen-bond donors (Lipinski definition) is 1. The number of rotatable bonds is 11. The number of benzene rings is 3. The molecule has 38 heavy (non-hydrogen) atoms. The second kappa shape index (κ2) is 12.8. The van der Waals surface area contributed by atoms with Crippen molar-refractivity contribution in [3.05, 3.63) is 89.4 Å². The summed E-state index contributed by atoms with van der Waals surface area (Å²) < 4.78 is 33.7. The van der Waals surface area contributed by atoms with Crippen molar-refractivity contribution in [2.75, 3.05) is 18.0 Å². The maximum atomic E-state index is 13.8. The predicted octanol–water partition coefficient (Wildman–Crippen LogP) is 4.49. The van der Waals surface area contributed by atoms with E-state index in [1.807, 2.05) is 19.9 Å². The Kier molecular flexibility index (Phi) is 9.77.